The molecule has 0 bridgehead atoms. The molecule has 1 nitrogen and oxygen atoms in total. The normalized spacial score (nSPS) is 11.5. The van der Waals surface area contributed by atoms with Crippen LogP contribution in [0.1, 0.15) is 25.3 Å². The van der Waals surface area contributed by atoms with E-state index in [4.69, 9.17) is 5.73 Å². The van der Waals surface area contributed by atoms with Gasteiger partial charge in [-0.15, -0.1) is 0 Å². The number of hydrogen-bond donors (Lipinski definition) is 1. The van der Waals surface area contributed by atoms with Crippen molar-refractivity contribution in [3.8, 4) is 11.8 Å². The molecule has 1 aromatic carbocycles. The van der Waals surface area contributed by atoms with E-state index < -0.39 is 0 Å². The quantitative estimate of drug-likeness (QED) is 0.681. The zero-order valence-corrected chi connectivity index (χ0v) is 7.96. The van der Waals surface area contributed by atoms with Gasteiger partial charge in [-0.05, 0) is 18.6 Å². The molecule has 2 N–H and O–H groups in total. The van der Waals surface area contributed by atoms with Crippen molar-refractivity contribution in [3.63, 3.8) is 0 Å². The molecule has 0 fully saturated rings. The first kappa shape index (κ1) is 9.83. The summed E-state index contributed by atoms with van der Waals surface area (Å²) in [6.45, 7) is 2.12. The summed E-state index contributed by atoms with van der Waals surface area (Å²) in [6.07, 6.45) is 2.06. The molecule has 0 saturated heterocycles. The molecule has 1 atom stereocenters. The molecule has 0 radical (unpaired) electrons. The van der Waals surface area contributed by atoms with Gasteiger partial charge in [-0.3, -0.25) is 0 Å². The van der Waals surface area contributed by atoms with E-state index in [1.807, 2.05) is 30.3 Å². The monoisotopic (exact) mass is 173 g/mol. The van der Waals surface area contributed by atoms with Gasteiger partial charge < -0.3 is 5.73 Å². The number of rotatable bonds is 2. The zero-order chi connectivity index (χ0) is 9.52. The van der Waals surface area contributed by atoms with E-state index in [9.17, 15) is 0 Å². The summed E-state index contributed by atoms with van der Waals surface area (Å²) in [4.78, 5) is 0. The molecular weight excluding hydrogens is 158 g/mol. The Hall–Kier alpha value is -1.26. The molecule has 1 rings (SSSR count). The van der Waals surface area contributed by atoms with Crippen molar-refractivity contribution in [3.05, 3.63) is 35.9 Å². The van der Waals surface area contributed by atoms with Crippen LogP contribution >= 0.6 is 0 Å². The molecule has 0 spiro atoms. The van der Waals surface area contributed by atoms with E-state index in [2.05, 4.69) is 18.8 Å². The molecule has 0 aromatic heterocycles. The van der Waals surface area contributed by atoms with Crippen LogP contribution in [0.25, 0.3) is 0 Å². The van der Waals surface area contributed by atoms with Crippen molar-refractivity contribution in [1.29, 1.82) is 0 Å². The highest BCUT2D eigenvalue weighted by molar-refractivity contribution is 5.34. The first-order valence-corrected chi connectivity index (χ1v) is 4.65. The Kier molecular flexibility index (Phi) is 4.08. The van der Waals surface area contributed by atoms with Crippen LogP contribution < -0.4 is 5.73 Å². The van der Waals surface area contributed by atoms with Crippen LogP contribution in [0.3, 0.4) is 0 Å². The summed E-state index contributed by atoms with van der Waals surface area (Å²) in [7, 11) is 0. The summed E-state index contributed by atoms with van der Waals surface area (Å²) < 4.78 is 0. The Morgan fingerprint density at radius 3 is 2.62 bits per heavy atom. The number of nitrogens with two attached hydrogens (primary N) is 1. The van der Waals surface area contributed by atoms with Crippen molar-refractivity contribution >= 4 is 0 Å². The van der Waals surface area contributed by atoms with Gasteiger partial charge in [0.05, 0.1) is 6.04 Å². The molecule has 0 heterocycles. The molecule has 68 valence electrons. The Labute approximate surface area is 80.0 Å². The van der Waals surface area contributed by atoms with E-state index in [0.717, 1.165) is 18.4 Å². The number of hydrogen-bond acceptors (Lipinski definition) is 1. The predicted molar refractivity (Wildman–Crippen MR) is 56.2 cm³/mol. The Balaban J connectivity index is 2.57. The van der Waals surface area contributed by atoms with Crippen LogP contribution in [-0.4, -0.2) is 6.04 Å². The molecule has 1 unspecified atom stereocenters. The Morgan fingerprint density at radius 1 is 1.31 bits per heavy atom. The third kappa shape index (κ3) is 3.78. The lowest BCUT2D eigenvalue weighted by molar-refractivity contribution is 0.720. The van der Waals surface area contributed by atoms with Crippen molar-refractivity contribution in [1.82, 2.24) is 0 Å². The highest BCUT2D eigenvalue weighted by Crippen LogP contribution is 1.96. The zero-order valence-electron chi connectivity index (χ0n) is 7.96. The second-order valence-corrected chi connectivity index (χ2v) is 3.03. The van der Waals surface area contributed by atoms with Crippen LogP contribution in [0, 0.1) is 11.8 Å². The van der Waals surface area contributed by atoms with Gasteiger partial charge in [0.15, 0.2) is 0 Å². The molecule has 1 aromatic rings. The SMILES string of the molecule is CCCC(N)C#Cc1ccccc1. The largest absolute Gasteiger partial charge is 0.318 e. The van der Waals surface area contributed by atoms with Crippen molar-refractivity contribution in [2.75, 3.05) is 0 Å². The van der Waals surface area contributed by atoms with Crippen LogP contribution in [0.4, 0.5) is 0 Å². The molecule has 0 saturated carbocycles. The molecule has 0 aliphatic rings. The van der Waals surface area contributed by atoms with Crippen LogP contribution in [0.5, 0.6) is 0 Å². The predicted octanol–water partition coefficient (Wildman–Crippen LogP) is 2.17. The first-order valence-electron chi connectivity index (χ1n) is 4.65. The van der Waals surface area contributed by atoms with Gasteiger partial charge in [-0.25, -0.2) is 0 Å². The first-order chi connectivity index (χ1) is 6.33. The summed E-state index contributed by atoms with van der Waals surface area (Å²) in [6, 6.07) is 9.95. The molecule has 0 aliphatic carbocycles. The topological polar surface area (TPSA) is 26.0 Å². The van der Waals surface area contributed by atoms with E-state index >= 15 is 0 Å². The van der Waals surface area contributed by atoms with E-state index in [1.54, 1.807) is 0 Å². The van der Waals surface area contributed by atoms with Crippen molar-refractivity contribution in [2.45, 2.75) is 25.8 Å². The molecule has 1 heteroatoms. The standard InChI is InChI=1S/C12H15N/c1-2-6-12(13)10-9-11-7-4-3-5-8-11/h3-5,7-8,12H,2,6,13H2,1H3. The Bertz CT molecular complexity index is 292. The average Bonchev–Trinajstić information content (AvgIpc) is 2.17. The van der Waals surface area contributed by atoms with E-state index in [0.29, 0.717) is 0 Å². The molecular formula is C12H15N. The average molecular weight is 173 g/mol. The summed E-state index contributed by atoms with van der Waals surface area (Å²) in [5, 5.41) is 0. The maximum atomic E-state index is 5.76. The van der Waals surface area contributed by atoms with Crippen molar-refractivity contribution < 1.29 is 0 Å². The third-order valence-corrected chi connectivity index (χ3v) is 1.78. The van der Waals surface area contributed by atoms with Gasteiger partial charge in [-0.1, -0.05) is 43.4 Å². The maximum absolute atomic E-state index is 5.76. The van der Waals surface area contributed by atoms with Gasteiger partial charge in [-0.2, -0.15) is 0 Å². The lowest BCUT2D eigenvalue weighted by Gasteiger charge is -1.98. The van der Waals surface area contributed by atoms with Gasteiger partial charge >= 0.3 is 0 Å². The molecule has 13 heavy (non-hydrogen) atoms. The minimum atomic E-state index is 0.0187. The highest BCUT2D eigenvalue weighted by Gasteiger charge is 1.92. The van der Waals surface area contributed by atoms with Gasteiger partial charge in [0.25, 0.3) is 0 Å². The second kappa shape index (κ2) is 5.40. The van der Waals surface area contributed by atoms with Gasteiger partial charge in [0.2, 0.25) is 0 Å². The second-order valence-electron chi connectivity index (χ2n) is 3.03. The molecule has 0 aliphatic heterocycles. The van der Waals surface area contributed by atoms with E-state index in [1.165, 1.54) is 0 Å². The van der Waals surface area contributed by atoms with Crippen molar-refractivity contribution in [2.24, 2.45) is 5.73 Å². The smallest absolute Gasteiger partial charge is 0.0668 e. The minimum Gasteiger partial charge on any atom is -0.318 e. The van der Waals surface area contributed by atoms with Gasteiger partial charge in [0.1, 0.15) is 0 Å². The lowest BCUT2D eigenvalue weighted by atomic mass is 10.1. The molecule has 0 amide bonds. The summed E-state index contributed by atoms with van der Waals surface area (Å²) in [5.74, 6) is 6.08. The summed E-state index contributed by atoms with van der Waals surface area (Å²) in [5.41, 5.74) is 6.79. The highest BCUT2D eigenvalue weighted by atomic mass is 14.6. The summed E-state index contributed by atoms with van der Waals surface area (Å²) >= 11 is 0. The van der Waals surface area contributed by atoms with Crippen LogP contribution in [0.2, 0.25) is 0 Å². The lowest BCUT2D eigenvalue weighted by Crippen LogP contribution is -2.16. The van der Waals surface area contributed by atoms with Gasteiger partial charge in [0, 0.05) is 5.56 Å². The van der Waals surface area contributed by atoms with Crippen LogP contribution in [0.15, 0.2) is 30.3 Å². The fraction of sp³-hybridized carbons (Fsp3) is 0.333. The van der Waals surface area contributed by atoms with Crippen LogP contribution in [-0.2, 0) is 0 Å². The van der Waals surface area contributed by atoms with E-state index in [-0.39, 0.29) is 6.04 Å². The Morgan fingerprint density at radius 2 is 2.00 bits per heavy atom. The number of benzene rings is 1. The fourth-order valence-corrected chi connectivity index (χ4v) is 1.08. The minimum absolute atomic E-state index is 0.0187. The third-order valence-electron chi connectivity index (χ3n) is 1.78. The maximum Gasteiger partial charge on any atom is 0.0668 e. The fourth-order valence-electron chi connectivity index (χ4n) is 1.08.